The lowest BCUT2D eigenvalue weighted by Gasteiger charge is -2.30. The van der Waals surface area contributed by atoms with Crippen LogP contribution in [0.15, 0.2) is 23.1 Å². The predicted molar refractivity (Wildman–Crippen MR) is 111 cm³/mol. The molecule has 3 rings (SSSR count). The minimum Gasteiger partial charge on any atom is -0.300 e. The zero-order valence-electron chi connectivity index (χ0n) is 15.4. The number of sulfonamides is 1. The van der Waals surface area contributed by atoms with Gasteiger partial charge in [0.25, 0.3) is 0 Å². The SMILES string of the molecule is CC(C)c1nnc(NC(=O)C2CCN(S(=O)(=O)c3c(Cl)cccc3Cl)CC2)s1. The number of amides is 1. The molecule has 0 spiro atoms. The molecule has 1 fully saturated rings. The first kappa shape index (κ1) is 21.4. The Labute approximate surface area is 178 Å². The number of carbonyl (C=O) groups excluding carboxylic acids is 1. The molecule has 1 aliphatic heterocycles. The summed E-state index contributed by atoms with van der Waals surface area (Å²) in [7, 11) is -3.82. The van der Waals surface area contributed by atoms with Crippen molar-refractivity contribution in [2.45, 2.75) is 37.5 Å². The molecule has 0 saturated carbocycles. The van der Waals surface area contributed by atoms with Crippen LogP contribution in [0.4, 0.5) is 5.13 Å². The van der Waals surface area contributed by atoms with Crippen LogP contribution in [-0.2, 0) is 14.8 Å². The highest BCUT2D eigenvalue weighted by molar-refractivity contribution is 7.89. The van der Waals surface area contributed by atoms with Gasteiger partial charge in [-0.2, -0.15) is 4.31 Å². The molecule has 28 heavy (non-hydrogen) atoms. The molecule has 0 aliphatic carbocycles. The normalized spacial score (nSPS) is 16.5. The third kappa shape index (κ3) is 4.49. The molecule has 2 heterocycles. The second-order valence-electron chi connectivity index (χ2n) is 6.82. The zero-order valence-corrected chi connectivity index (χ0v) is 18.5. The molecule has 1 N–H and O–H groups in total. The van der Waals surface area contributed by atoms with Gasteiger partial charge in [0, 0.05) is 24.9 Å². The van der Waals surface area contributed by atoms with E-state index in [2.05, 4.69) is 15.5 Å². The van der Waals surface area contributed by atoms with Crippen LogP contribution >= 0.6 is 34.5 Å². The van der Waals surface area contributed by atoms with Crippen molar-refractivity contribution in [3.63, 3.8) is 0 Å². The van der Waals surface area contributed by atoms with Crippen molar-refractivity contribution in [1.29, 1.82) is 0 Å². The van der Waals surface area contributed by atoms with E-state index in [1.54, 1.807) is 6.07 Å². The van der Waals surface area contributed by atoms with Gasteiger partial charge in [0.05, 0.1) is 10.0 Å². The van der Waals surface area contributed by atoms with E-state index >= 15 is 0 Å². The fourth-order valence-corrected chi connectivity index (χ4v) is 6.25. The van der Waals surface area contributed by atoms with E-state index in [0.717, 1.165) is 5.01 Å². The maximum Gasteiger partial charge on any atom is 0.246 e. The molecule has 0 unspecified atom stereocenters. The van der Waals surface area contributed by atoms with Gasteiger partial charge in [0.1, 0.15) is 9.90 Å². The van der Waals surface area contributed by atoms with Crippen molar-refractivity contribution in [3.05, 3.63) is 33.3 Å². The first-order valence-electron chi connectivity index (χ1n) is 8.78. The molecule has 1 aromatic heterocycles. The summed E-state index contributed by atoms with van der Waals surface area (Å²) in [6.07, 6.45) is 0.811. The smallest absolute Gasteiger partial charge is 0.246 e. The Hall–Kier alpha value is -1.26. The van der Waals surface area contributed by atoms with Crippen LogP contribution < -0.4 is 5.32 Å². The van der Waals surface area contributed by atoms with Crippen LogP contribution in [0.25, 0.3) is 0 Å². The third-order valence-corrected chi connectivity index (χ3v) is 8.50. The van der Waals surface area contributed by atoms with E-state index in [1.165, 1.54) is 27.8 Å². The van der Waals surface area contributed by atoms with Gasteiger partial charge in [-0.3, -0.25) is 4.79 Å². The van der Waals surface area contributed by atoms with Crippen molar-refractivity contribution in [2.24, 2.45) is 5.92 Å². The maximum atomic E-state index is 12.9. The van der Waals surface area contributed by atoms with Crippen LogP contribution in [0.3, 0.4) is 0 Å². The number of piperidine rings is 1. The lowest BCUT2D eigenvalue weighted by molar-refractivity contribution is -0.120. The minimum atomic E-state index is -3.82. The van der Waals surface area contributed by atoms with Crippen LogP contribution in [0.1, 0.15) is 37.6 Å². The number of nitrogens with one attached hydrogen (secondary N) is 1. The predicted octanol–water partition coefficient (Wildman–Crippen LogP) is 4.01. The summed E-state index contributed by atoms with van der Waals surface area (Å²) >= 11 is 13.5. The van der Waals surface area contributed by atoms with Gasteiger partial charge in [0.15, 0.2) is 0 Å². The van der Waals surface area contributed by atoms with Crippen LogP contribution in [0.5, 0.6) is 0 Å². The Morgan fingerprint density at radius 2 is 1.82 bits per heavy atom. The molecule has 1 amide bonds. The Kier molecular flexibility index (Phi) is 6.61. The topological polar surface area (TPSA) is 92.3 Å². The molecule has 7 nitrogen and oxygen atoms in total. The first-order valence-corrected chi connectivity index (χ1v) is 11.8. The number of benzene rings is 1. The number of halogens is 2. The minimum absolute atomic E-state index is 0.0868. The Bertz CT molecular complexity index is 950. The highest BCUT2D eigenvalue weighted by atomic mass is 35.5. The Morgan fingerprint density at radius 1 is 1.21 bits per heavy atom. The van der Waals surface area contributed by atoms with Gasteiger partial charge in [0.2, 0.25) is 21.1 Å². The van der Waals surface area contributed by atoms with Gasteiger partial charge in [-0.25, -0.2) is 8.42 Å². The van der Waals surface area contributed by atoms with Gasteiger partial charge in [-0.1, -0.05) is 54.5 Å². The van der Waals surface area contributed by atoms with Crippen molar-refractivity contribution < 1.29 is 13.2 Å². The van der Waals surface area contributed by atoms with Crippen molar-refractivity contribution in [1.82, 2.24) is 14.5 Å². The average Bonchev–Trinajstić information content (AvgIpc) is 3.10. The van der Waals surface area contributed by atoms with E-state index in [-0.39, 0.29) is 45.8 Å². The summed E-state index contributed by atoms with van der Waals surface area (Å²) < 4.78 is 27.1. The quantitative estimate of drug-likeness (QED) is 0.724. The molecular weight excluding hydrogens is 443 g/mol. The fraction of sp³-hybridized carbons (Fsp3) is 0.471. The number of nitrogens with zero attached hydrogens (tertiary/aromatic N) is 3. The number of rotatable bonds is 5. The molecule has 152 valence electrons. The second kappa shape index (κ2) is 8.62. The average molecular weight is 463 g/mol. The Morgan fingerprint density at radius 3 is 2.36 bits per heavy atom. The van der Waals surface area contributed by atoms with E-state index in [4.69, 9.17) is 23.2 Å². The van der Waals surface area contributed by atoms with Crippen molar-refractivity contribution in [2.75, 3.05) is 18.4 Å². The number of anilines is 1. The molecular formula is C17H20Cl2N4O3S2. The summed E-state index contributed by atoms with van der Waals surface area (Å²) in [5.74, 6) is -0.216. The summed E-state index contributed by atoms with van der Waals surface area (Å²) in [4.78, 5) is 12.4. The van der Waals surface area contributed by atoms with Gasteiger partial charge >= 0.3 is 0 Å². The molecule has 1 aliphatic rings. The molecule has 0 radical (unpaired) electrons. The molecule has 1 aromatic carbocycles. The lowest BCUT2D eigenvalue weighted by Crippen LogP contribution is -2.41. The lowest BCUT2D eigenvalue weighted by atomic mass is 9.97. The molecule has 2 aromatic rings. The summed E-state index contributed by atoms with van der Waals surface area (Å²) in [6, 6.07) is 4.58. The van der Waals surface area contributed by atoms with E-state index in [9.17, 15) is 13.2 Å². The van der Waals surface area contributed by atoms with Gasteiger partial charge in [-0.15, -0.1) is 10.2 Å². The van der Waals surface area contributed by atoms with E-state index in [0.29, 0.717) is 18.0 Å². The maximum absolute atomic E-state index is 12.9. The second-order valence-corrected chi connectivity index (χ2v) is 10.5. The highest BCUT2D eigenvalue weighted by Crippen LogP contribution is 2.33. The van der Waals surface area contributed by atoms with E-state index < -0.39 is 10.0 Å². The number of aromatic nitrogens is 2. The van der Waals surface area contributed by atoms with E-state index in [1.807, 2.05) is 13.8 Å². The largest absolute Gasteiger partial charge is 0.300 e. The molecule has 0 atom stereocenters. The standard InChI is InChI=1S/C17H20Cl2N4O3S2/c1-10(2)16-21-22-17(27-16)20-15(24)11-6-8-23(9-7-11)28(25,26)14-12(18)4-3-5-13(14)19/h3-5,10-11H,6-9H2,1-2H3,(H,20,22,24). The van der Waals surface area contributed by atoms with Crippen LogP contribution in [0, 0.1) is 5.92 Å². The van der Waals surface area contributed by atoms with Crippen molar-refractivity contribution in [3.8, 4) is 0 Å². The molecule has 0 bridgehead atoms. The van der Waals surface area contributed by atoms with Crippen molar-refractivity contribution >= 4 is 55.6 Å². The fourth-order valence-electron chi connectivity index (χ4n) is 2.94. The number of hydrogen-bond acceptors (Lipinski definition) is 6. The third-order valence-electron chi connectivity index (χ3n) is 4.51. The van der Waals surface area contributed by atoms with Crippen LogP contribution in [0.2, 0.25) is 10.0 Å². The number of carbonyl (C=O) groups is 1. The van der Waals surface area contributed by atoms with Crippen LogP contribution in [-0.4, -0.2) is 41.9 Å². The summed E-state index contributed by atoms with van der Waals surface area (Å²) in [5.41, 5.74) is 0. The first-order chi connectivity index (χ1) is 13.2. The monoisotopic (exact) mass is 462 g/mol. The highest BCUT2D eigenvalue weighted by Gasteiger charge is 2.34. The Balaban J connectivity index is 1.64. The zero-order chi connectivity index (χ0) is 20.5. The van der Waals surface area contributed by atoms with Gasteiger partial charge in [-0.05, 0) is 25.0 Å². The molecule has 11 heteroatoms. The summed E-state index contributed by atoms with van der Waals surface area (Å²) in [5, 5.41) is 12.3. The summed E-state index contributed by atoms with van der Waals surface area (Å²) in [6.45, 7) is 4.45. The molecule has 1 saturated heterocycles. The van der Waals surface area contributed by atoms with Gasteiger partial charge < -0.3 is 5.32 Å². The number of hydrogen-bond donors (Lipinski definition) is 1.